The van der Waals surface area contributed by atoms with Gasteiger partial charge < -0.3 is 14.7 Å². The first-order valence-corrected chi connectivity index (χ1v) is 12.2. The molecule has 0 bridgehead atoms. The van der Waals surface area contributed by atoms with Crippen LogP contribution in [0.4, 0.5) is 5.69 Å². The lowest BCUT2D eigenvalue weighted by Crippen LogP contribution is -2.60. The second-order valence-corrected chi connectivity index (χ2v) is 9.45. The van der Waals surface area contributed by atoms with Crippen LogP contribution >= 0.6 is 0 Å². The van der Waals surface area contributed by atoms with E-state index in [4.69, 9.17) is 0 Å². The van der Waals surface area contributed by atoms with Crippen molar-refractivity contribution in [1.29, 1.82) is 0 Å². The largest absolute Gasteiger partial charge is 0.339 e. The van der Waals surface area contributed by atoms with Crippen molar-refractivity contribution in [1.82, 2.24) is 19.6 Å². The Bertz CT molecular complexity index is 914. The molecule has 3 fully saturated rings. The van der Waals surface area contributed by atoms with Gasteiger partial charge in [0.1, 0.15) is 0 Å². The fourth-order valence-corrected chi connectivity index (χ4v) is 5.47. The van der Waals surface area contributed by atoms with E-state index in [1.54, 1.807) is 16.7 Å². The maximum absolute atomic E-state index is 13.6. The van der Waals surface area contributed by atoms with E-state index in [2.05, 4.69) is 4.90 Å². The monoisotopic (exact) mass is 471 g/mol. The highest BCUT2D eigenvalue weighted by Gasteiger charge is 2.40. The van der Waals surface area contributed by atoms with Crippen LogP contribution in [-0.2, 0) is 9.59 Å². The van der Waals surface area contributed by atoms with Crippen LogP contribution in [0, 0.1) is 16.0 Å². The normalized spacial score (nSPS) is 20.9. The summed E-state index contributed by atoms with van der Waals surface area (Å²) in [7, 11) is 0. The Morgan fingerprint density at radius 1 is 0.853 bits per heavy atom. The molecule has 2 aliphatic heterocycles. The van der Waals surface area contributed by atoms with Crippen molar-refractivity contribution >= 4 is 23.4 Å². The summed E-state index contributed by atoms with van der Waals surface area (Å²) in [6, 6.07) is 5.52. The van der Waals surface area contributed by atoms with Crippen LogP contribution in [0.1, 0.15) is 43.0 Å². The molecule has 1 atom stereocenters. The molecule has 1 aromatic carbocycles. The number of piperazine rings is 2. The van der Waals surface area contributed by atoms with Crippen molar-refractivity contribution in [3.8, 4) is 0 Å². The predicted octanol–water partition coefficient (Wildman–Crippen LogP) is 1.60. The Morgan fingerprint density at radius 2 is 1.38 bits per heavy atom. The van der Waals surface area contributed by atoms with Crippen molar-refractivity contribution in [2.45, 2.75) is 38.6 Å². The molecule has 3 amide bonds. The van der Waals surface area contributed by atoms with E-state index in [1.165, 1.54) is 24.3 Å². The van der Waals surface area contributed by atoms with E-state index >= 15 is 0 Å². The first-order chi connectivity index (χ1) is 16.3. The Morgan fingerprint density at radius 3 is 1.91 bits per heavy atom. The van der Waals surface area contributed by atoms with Gasteiger partial charge in [-0.1, -0.05) is 12.8 Å². The quantitative estimate of drug-likeness (QED) is 0.477. The number of hydrogen-bond donors (Lipinski definition) is 0. The maximum Gasteiger partial charge on any atom is 0.269 e. The number of nitro benzene ring substituents is 1. The summed E-state index contributed by atoms with van der Waals surface area (Å²) in [6.45, 7) is 6.15. The van der Waals surface area contributed by atoms with Gasteiger partial charge in [-0.2, -0.15) is 0 Å². The minimum atomic E-state index is -0.479. The minimum Gasteiger partial charge on any atom is -0.339 e. The lowest BCUT2D eigenvalue weighted by Gasteiger charge is -2.44. The highest BCUT2D eigenvalue weighted by molar-refractivity contribution is 5.94. The van der Waals surface area contributed by atoms with Crippen LogP contribution in [0.15, 0.2) is 24.3 Å². The molecule has 34 heavy (non-hydrogen) atoms. The molecule has 10 nitrogen and oxygen atoms in total. The zero-order valence-corrected chi connectivity index (χ0v) is 19.7. The van der Waals surface area contributed by atoms with Gasteiger partial charge in [0.15, 0.2) is 0 Å². The van der Waals surface area contributed by atoms with E-state index in [0.717, 1.165) is 25.7 Å². The summed E-state index contributed by atoms with van der Waals surface area (Å²) >= 11 is 0. The summed E-state index contributed by atoms with van der Waals surface area (Å²) in [5, 5.41) is 10.9. The molecule has 0 aromatic heterocycles. The smallest absolute Gasteiger partial charge is 0.269 e. The van der Waals surface area contributed by atoms with Crippen molar-refractivity contribution in [2.75, 3.05) is 52.4 Å². The Hall–Kier alpha value is -3.01. The van der Waals surface area contributed by atoms with E-state index < -0.39 is 4.92 Å². The topological polar surface area (TPSA) is 107 Å². The molecule has 0 radical (unpaired) electrons. The zero-order chi connectivity index (χ0) is 24.2. The number of carbonyl (C=O) groups excluding carboxylic acids is 3. The molecular formula is C24H33N5O5. The van der Waals surface area contributed by atoms with Crippen LogP contribution in [0.25, 0.3) is 0 Å². The highest BCUT2D eigenvalue weighted by atomic mass is 16.6. The molecule has 10 heteroatoms. The summed E-state index contributed by atoms with van der Waals surface area (Å²) in [5.74, 6) is 0.396. The van der Waals surface area contributed by atoms with Crippen molar-refractivity contribution in [3.63, 3.8) is 0 Å². The summed E-state index contributed by atoms with van der Waals surface area (Å²) in [4.78, 5) is 56.3. The number of hydrogen-bond acceptors (Lipinski definition) is 6. The van der Waals surface area contributed by atoms with Gasteiger partial charge in [-0.3, -0.25) is 29.4 Å². The third-order valence-electron chi connectivity index (χ3n) is 7.46. The summed E-state index contributed by atoms with van der Waals surface area (Å²) in [6.07, 6.45) is 4.38. The third-order valence-corrected chi connectivity index (χ3v) is 7.46. The fourth-order valence-electron chi connectivity index (χ4n) is 5.47. The number of nitro groups is 1. The lowest BCUT2D eigenvalue weighted by molar-refractivity contribution is -0.384. The molecular weight excluding hydrogens is 438 g/mol. The maximum atomic E-state index is 13.6. The van der Waals surface area contributed by atoms with Gasteiger partial charge in [-0.05, 0) is 30.9 Å². The van der Waals surface area contributed by atoms with Gasteiger partial charge in [-0.25, -0.2) is 0 Å². The number of carbonyl (C=O) groups is 3. The van der Waals surface area contributed by atoms with E-state index in [-0.39, 0.29) is 29.5 Å². The van der Waals surface area contributed by atoms with Crippen LogP contribution in [0.3, 0.4) is 0 Å². The lowest BCUT2D eigenvalue weighted by atomic mass is 9.94. The van der Waals surface area contributed by atoms with Crippen molar-refractivity contribution in [3.05, 3.63) is 39.9 Å². The van der Waals surface area contributed by atoms with Crippen molar-refractivity contribution in [2.24, 2.45) is 5.92 Å². The number of amides is 3. The SMILES string of the molecule is CC(=O)N1CCN(C(=O)C(C2CCCC2)N2CCN(C(=O)c3ccc([N+](=O)[O-])cc3)CC2)CC1. The van der Waals surface area contributed by atoms with Crippen LogP contribution in [-0.4, -0.2) is 101 Å². The minimum absolute atomic E-state index is 0.0385. The van der Waals surface area contributed by atoms with Gasteiger partial charge in [0, 0.05) is 77.0 Å². The molecule has 0 spiro atoms. The number of nitrogens with zero attached hydrogens (tertiary/aromatic N) is 5. The van der Waals surface area contributed by atoms with Crippen molar-refractivity contribution < 1.29 is 19.3 Å². The molecule has 2 saturated heterocycles. The fraction of sp³-hybridized carbons (Fsp3) is 0.625. The second-order valence-electron chi connectivity index (χ2n) is 9.45. The van der Waals surface area contributed by atoms with Gasteiger partial charge >= 0.3 is 0 Å². The number of non-ortho nitro benzene ring substituents is 1. The first kappa shape index (κ1) is 24.1. The summed E-state index contributed by atoms with van der Waals surface area (Å²) in [5.41, 5.74) is 0.397. The average molecular weight is 472 g/mol. The first-order valence-electron chi connectivity index (χ1n) is 12.2. The Labute approximate surface area is 199 Å². The molecule has 1 aliphatic carbocycles. The van der Waals surface area contributed by atoms with Gasteiger partial charge in [-0.15, -0.1) is 0 Å². The second kappa shape index (κ2) is 10.5. The highest BCUT2D eigenvalue weighted by Crippen LogP contribution is 2.32. The van der Waals surface area contributed by atoms with Crippen LogP contribution < -0.4 is 0 Å². The Balaban J connectivity index is 1.39. The van der Waals surface area contributed by atoms with Crippen LogP contribution in [0.5, 0.6) is 0 Å². The standard InChI is InChI=1S/C24H33N5O5/c1-18(30)25-10-14-28(15-11-25)24(32)22(19-4-2-3-5-19)26-12-16-27(17-13-26)23(31)20-6-8-21(9-7-20)29(33)34/h6-9,19,22H,2-5,10-17H2,1H3. The van der Waals surface area contributed by atoms with E-state index in [9.17, 15) is 24.5 Å². The Kier molecular flexibility index (Phi) is 7.45. The predicted molar refractivity (Wildman–Crippen MR) is 125 cm³/mol. The third kappa shape index (κ3) is 5.22. The van der Waals surface area contributed by atoms with E-state index in [1.807, 2.05) is 4.90 Å². The zero-order valence-electron chi connectivity index (χ0n) is 19.7. The number of benzene rings is 1. The molecule has 1 aromatic rings. The summed E-state index contributed by atoms with van der Waals surface area (Å²) < 4.78 is 0. The molecule has 1 saturated carbocycles. The molecule has 4 rings (SSSR count). The van der Waals surface area contributed by atoms with Gasteiger partial charge in [0.2, 0.25) is 11.8 Å². The molecule has 3 aliphatic rings. The van der Waals surface area contributed by atoms with Gasteiger partial charge in [0.25, 0.3) is 11.6 Å². The molecule has 184 valence electrons. The molecule has 2 heterocycles. The van der Waals surface area contributed by atoms with Crippen LogP contribution in [0.2, 0.25) is 0 Å². The molecule has 1 unspecified atom stereocenters. The van der Waals surface area contributed by atoms with Gasteiger partial charge in [0.05, 0.1) is 11.0 Å². The average Bonchev–Trinajstić information content (AvgIpc) is 3.38. The molecule has 0 N–H and O–H groups in total. The van der Waals surface area contributed by atoms with E-state index in [0.29, 0.717) is 63.8 Å². The number of rotatable bonds is 5.